The van der Waals surface area contributed by atoms with E-state index in [2.05, 4.69) is 15.3 Å². The monoisotopic (exact) mass is 148 g/mol. The van der Waals surface area contributed by atoms with E-state index < -0.39 is 0 Å². The quantitative estimate of drug-likeness (QED) is 0.528. The van der Waals surface area contributed by atoms with Gasteiger partial charge >= 0.3 is 0 Å². The molecule has 0 aromatic carbocycles. The van der Waals surface area contributed by atoms with Gasteiger partial charge in [0.15, 0.2) is 0 Å². The molecule has 0 aliphatic heterocycles. The lowest BCUT2D eigenvalue weighted by atomic mass is 10.4. The zero-order chi connectivity index (χ0) is 7.68. The van der Waals surface area contributed by atoms with Crippen LogP contribution in [0.2, 0.25) is 0 Å². The third kappa shape index (κ3) is 0.778. The minimum absolute atomic E-state index is 0.594. The molecule has 2 rings (SSSR count). The van der Waals surface area contributed by atoms with Gasteiger partial charge in [0.05, 0.1) is 6.20 Å². The van der Waals surface area contributed by atoms with Crippen molar-refractivity contribution in [2.24, 2.45) is 0 Å². The Morgan fingerprint density at radius 3 is 3.27 bits per heavy atom. The summed E-state index contributed by atoms with van der Waals surface area (Å²) < 4.78 is 1.14. The highest BCUT2D eigenvalue weighted by atomic mass is 16.1. The molecule has 0 saturated heterocycles. The number of hydrogen-bond donors (Lipinski definition) is 0. The fourth-order valence-electron chi connectivity index (χ4n) is 0.862. The van der Waals surface area contributed by atoms with Crippen LogP contribution in [0.4, 0.5) is 0 Å². The fourth-order valence-corrected chi connectivity index (χ4v) is 0.862. The summed E-state index contributed by atoms with van der Waals surface area (Å²) in [4.78, 5) is 14.1. The minimum Gasteiger partial charge on any atom is -0.276 e. The molecule has 2 aromatic heterocycles. The minimum atomic E-state index is 0.594. The molecule has 0 aliphatic carbocycles. The highest BCUT2D eigenvalue weighted by molar-refractivity contribution is 5.78. The van der Waals surface area contributed by atoms with Gasteiger partial charge in [-0.2, -0.15) is 4.68 Å². The molecule has 0 amide bonds. The van der Waals surface area contributed by atoms with Gasteiger partial charge < -0.3 is 0 Å². The van der Waals surface area contributed by atoms with E-state index >= 15 is 0 Å². The number of nitrogens with zero attached hydrogens (tertiary/aromatic N) is 4. The van der Waals surface area contributed by atoms with E-state index in [1.165, 1.54) is 0 Å². The first-order valence-electron chi connectivity index (χ1n) is 3.02. The Labute approximate surface area is 61.7 Å². The van der Waals surface area contributed by atoms with Crippen molar-refractivity contribution in [1.82, 2.24) is 20.0 Å². The molecule has 54 valence electrons. The van der Waals surface area contributed by atoms with Crippen molar-refractivity contribution < 1.29 is 4.79 Å². The highest BCUT2D eigenvalue weighted by Gasteiger charge is 2.00. The van der Waals surface area contributed by atoms with Gasteiger partial charge in [0.2, 0.25) is 6.41 Å². The molecule has 0 radical (unpaired) electrons. The normalized spacial score (nSPS) is 10.2. The molecule has 11 heavy (non-hydrogen) atoms. The molecule has 0 aliphatic rings. The van der Waals surface area contributed by atoms with Gasteiger partial charge in [0, 0.05) is 6.20 Å². The van der Waals surface area contributed by atoms with Gasteiger partial charge in [-0.1, -0.05) is 5.21 Å². The predicted molar refractivity (Wildman–Crippen MR) is 37.5 cm³/mol. The maximum absolute atomic E-state index is 10.3. The molecular weight excluding hydrogens is 144 g/mol. The number of carbonyl (C=O) groups is 1. The van der Waals surface area contributed by atoms with E-state index in [-0.39, 0.29) is 0 Å². The summed E-state index contributed by atoms with van der Waals surface area (Å²) in [6.45, 7) is 0. The zero-order valence-electron chi connectivity index (χ0n) is 5.51. The van der Waals surface area contributed by atoms with Gasteiger partial charge in [-0.05, 0) is 6.07 Å². The summed E-state index contributed by atoms with van der Waals surface area (Å²) in [5, 5.41) is 7.30. The van der Waals surface area contributed by atoms with Gasteiger partial charge in [0.25, 0.3) is 0 Å². The Morgan fingerprint density at radius 1 is 1.55 bits per heavy atom. The summed E-state index contributed by atoms with van der Waals surface area (Å²) >= 11 is 0. The molecule has 2 heterocycles. The molecule has 0 spiro atoms. The van der Waals surface area contributed by atoms with Crippen LogP contribution in [0.15, 0.2) is 18.5 Å². The molecule has 0 atom stereocenters. The Hall–Kier alpha value is -1.78. The van der Waals surface area contributed by atoms with E-state index in [1.807, 2.05) is 0 Å². The SMILES string of the molecule is O=Cn1nnc2ccncc21. The van der Waals surface area contributed by atoms with Crippen molar-refractivity contribution in [1.29, 1.82) is 0 Å². The number of fused-ring (bicyclic) bond motifs is 1. The van der Waals surface area contributed by atoms with E-state index in [0.29, 0.717) is 17.4 Å². The van der Waals surface area contributed by atoms with Crippen molar-refractivity contribution in [3.05, 3.63) is 18.5 Å². The average molecular weight is 148 g/mol. The fraction of sp³-hybridized carbons (Fsp3) is 0. The first-order valence-corrected chi connectivity index (χ1v) is 3.02. The van der Waals surface area contributed by atoms with E-state index in [0.717, 1.165) is 4.68 Å². The molecule has 0 bridgehead atoms. The van der Waals surface area contributed by atoms with Crippen molar-refractivity contribution in [3.63, 3.8) is 0 Å². The summed E-state index contributed by atoms with van der Waals surface area (Å²) in [5.41, 5.74) is 1.30. The van der Waals surface area contributed by atoms with Crippen LogP contribution < -0.4 is 0 Å². The maximum atomic E-state index is 10.3. The second-order valence-electron chi connectivity index (χ2n) is 2.00. The summed E-state index contributed by atoms with van der Waals surface area (Å²) in [6, 6.07) is 1.70. The Kier molecular flexibility index (Phi) is 1.15. The number of rotatable bonds is 1. The lowest BCUT2D eigenvalue weighted by Gasteiger charge is -1.85. The first-order chi connectivity index (χ1) is 5.42. The number of hydrogen-bond acceptors (Lipinski definition) is 4. The number of pyridine rings is 1. The van der Waals surface area contributed by atoms with Gasteiger partial charge in [-0.3, -0.25) is 9.78 Å². The van der Waals surface area contributed by atoms with Crippen molar-refractivity contribution in [2.45, 2.75) is 0 Å². The Morgan fingerprint density at radius 2 is 2.45 bits per heavy atom. The summed E-state index contributed by atoms with van der Waals surface area (Å²) in [5.74, 6) is 0. The van der Waals surface area contributed by atoms with Crippen LogP contribution in [0, 0.1) is 0 Å². The second-order valence-corrected chi connectivity index (χ2v) is 2.00. The van der Waals surface area contributed by atoms with Gasteiger partial charge in [-0.15, -0.1) is 5.10 Å². The van der Waals surface area contributed by atoms with E-state index in [4.69, 9.17) is 0 Å². The van der Waals surface area contributed by atoms with Crippen LogP contribution in [0.25, 0.3) is 11.0 Å². The topological polar surface area (TPSA) is 60.7 Å². The third-order valence-electron chi connectivity index (χ3n) is 1.37. The second kappa shape index (κ2) is 2.12. The number of carbonyl (C=O) groups excluding carboxylic acids is 1. The third-order valence-corrected chi connectivity index (χ3v) is 1.37. The van der Waals surface area contributed by atoms with E-state index in [1.54, 1.807) is 18.5 Å². The Balaban J connectivity index is 2.86. The first kappa shape index (κ1) is 5.96. The van der Waals surface area contributed by atoms with Crippen LogP contribution in [-0.4, -0.2) is 26.4 Å². The Bertz CT molecular complexity index is 394. The maximum Gasteiger partial charge on any atom is 0.236 e. The van der Waals surface area contributed by atoms with E-state index in [9.17, 15) is 4.79 Å². The predicted octanol–water partition coefficient (Wildman–Crippen LogP) is -0.135. The average Bonchev–Trinajstić information content (AvgIpc) is 2.47. The largest absolute Gasteiger partial charge is 0.276 e. The van der Waals surface area contributed by atoms with Crippen molar-refractivity contribution >= 4 is 17.4 Å². The van der Waals surface area contributed by atoms with Crippen molar-refractivity contribution in [3.8, 4) is 0 Å². The standard InChI is InChI=1S/C6H4N4O/c11-4-10-6-3-7-2-1-5(6)8-9-10/h1-4H. The molecule has 0 N–H and O–H groups in total. The molecular formula is C6H4N4O. The van der Waals surface area contributed by atoms with Crippen LogP contribution in [0.5, 0.6) is 0 Å². The number of aromatic nitrogens is 4. The van der Waals surface area contributed by atoms with Crippen LogP contribution in [0.3, 0.4) is 0 Å². The van der Waals surface area contributed by atoms with Gasteiger partial charge in [-0.25, -0.2) is 0 Å². The molecule has 2 aromatic rings. The van der Waals surface area contributed by atoms with Crippen LogP contribution in [-0.2, 0) is 4.79 Å². The molecule has 0 unspecified atom stereocenters. The van der Waals surface area contributed by atoms with Crippen molar-refractivity contribution in [2.75, 3.05) is 0 Å². The lowest BCUT2D eigenvalue weighted by molar-refractivity contribution is 0.540. The molecule has 0 saturated carbocycles. The molecule has 5 nitrogen and oxygen atoms in total. The summed E-state index contributed by atoms with van der Waals surface area (Å²) in [6.07, 6.45) is 3.74. The smallest absolute Gasteiger partial charge is 0.236 e. The lowest BCUT2D eigenvalue weighted by Crippen LogP contribution is -1.96. The summed E-state index contributed by atoms with van der Waals surface area (Å²) in [7, 11) is 0. The highest BCUT2D eigenvalue weighted by Crippen LogP contribution is 2.04. The zero-order valence-corrected chi connectivity index (χ0v) is 5.51. The molecule has 5 heteroatoms. The molecule has 0 fully saturated rings. The van der Waals surface area contributed by atoms with Crippen LogP contribution in [0.1, 0.15) is 0 Å². The van der Waals surface area contributed by atoms with Gasteiger partial charge in [0.1, 0.15) is 11.0 Å². The van der Waals surface area contributed by atoms with Crippen LogP contribution >= 0.6 is 0 Å².